The minimum absolute atomic E-state index is 0.0244. The Morgan fingerprint density at radius 2 is 2.00 bits per heavy atom. The summed E-state index contributed by atoms with van der Waals surface area (Å²) in [6, 6.07) is 8.15. The van der Waals surface area contributed by atoms with Crippen LogP contribution in [0, 0.1) is 11.6 Å². The van der Waals surface area contributed by atoms with E-state index in [0.717, 1.165) is 10.2 Å². The van der Waals surface area contributed by atoms with E-state index < -0.39 is 11.6 Å². The highest BCUT2D eigenvalue weighted by atomic mass is 32.1. The SMILES string of the molecule is NC(=S)c1ccc(Nc2ccc3ncsc3c2)c(F)c1F. The number of thiazole rings is 1. The zero-order chi connectivity index (χ0) is 15.0. The second-order valence-electron chi connectivity index (χ2n) is 4.31. The summed E-state index contributed by atoms with van der Waals surface area (Å²) < 4.78 is 28.8. The minimum atomic E-state index is -1.05. The normalized spacial score (nSPS) is 10.8. The standard InChI is InChI=1S/C14H9F2N3S2/c15-12-8(14(17)20)2-4-10(13(12)16)19-7-1-3-9-11(5-7)21-6-18-9/h1-6,19H,(H2,17,20). The lowest BCUT2D eigenvalue weighted by Crippen LogP contribution is -2.13. The van der Waals surface area contributed by atoms with E-state index in [9.17, 15) is 8.78 Å². The molecule has 0 atom stereocenters. The lowest BCUT2D eigenvalue weighted by Gasteiger charge is -2.10. The fourth-order valence-corrected chi connectivity index (χ4v) is 2.80. The largest absolute Gasteiger partial charge is 0.389 e. The van der Waals surface area contributed by atoms with Crippen LogP contribution in [0.15, 0.2) is 35.8 Å². The molecule has 0 aliphatic carbocycles. The van der Waals surface area contributed by atoms with Crippen LogP contribution in [0.2, 0.25) is 0 Å². The van der Waals surface area contributed by atoms with Crippen molar-refractivity contribution in [1.82, 2.24) is 4.98 Å². The van der Waals surface area contributed by atoms with Crippen LogP contribution < -0.4 is 11.1 Å². The van der Waals surface area contributed by atoms with Gasteiger partial charge in [-0.2, -0.15) is 0 Å². The average molecular weight is 321 g/mol. The highest BCUT2D eigenvalue weighted by molar-refractivity contribution is 7.80. The number of rotatable bonds is 3. The zero-order valence-electron chi connectivity index (χ0n) is 10.6. The Bertz CT molecular complexity index is 845. The molecule has 0 radical (unpaired) electrons. The first-order valence-corrected chi connectivity index (χ1v) is 7.23. The maximum Gasteiger partial charge on any atom is 0.182 e. The van der Waals surface area contributed by atoms with Crippen LogP contribution in [-0.4, -0.2) is 9.97 Å². The van der Waals surface area contributed by atoms with Crippen LogP contribution in [0.1, 0.15) is 5.56 Å². The van der Waals surface area contributed by atoms with Crippen LogP contribution in [0.4, 0.5) is 20.2 Å². The maximum absolute atomic E-state index is 14.0. The van der Waals surface area contributed by atoms with Gasteiger partial charge >= 0.3 is 0 Å². The first-order valence-electron chi connectivity index (χ1n) is 5.94. The number of nitrogens with zero attached hydrogens (tertiary/aromatic N) is 1. The van der Waals surface area contributed by atoms with E-state index in [-0.39, 0.29) is 16.2 Å². The molecule has 0 unspecified atom stereocenters. The lowest BCUT2D eigenvalue weighted by atomic mass is 10.1. The third-order valence-corrected chi connectivity index (χ3v) is 3.97. The summed E-state index contributed by atoms with van der Waals surface area (Å²) >= 11 is 6.14. The predicted molar refractivity (Wildman–Crippen MR) is 85.1 cm³/mol. The molecule has 0 aliphatic rings. The fourth-order valence-electron chi connectivity index (χ4n) is 1.92. The van der Waals surface area contributed by atoms with Gasteiger partial charge in [0.05, 0.1) is 21.4 Å². The van der Waals surface area contributed by atoms with Crippen molar-refractivity contribution in [3.63, 3.8) is 0 Å². The Kier molecular flexibility index (Phi) is 3.52. The number of nitrogens with two attached hydrogens (primary N) is 1. The van der Waals surface area contributed by atoms with E-state index in [0.29, 0.717) is 5.69 Å². The lowest BCUT2D eigenvalue weighted by molar-refractivity contribution is 0.510. The smallest absolute Gasteiger partial charge is 0.182 e. The highest BCUT2D eigenvalue weighted by Gasteiger charge is 2.15. The number of thiocarbonyl (C=S) groups is 1. The van der Waals surface area contributed by atoms with Gasteiger partial charge in [0.1, 0.15) is 4.99 Å². The van der Waals surface area contributed by atoms with Gasteiger partial charge in [0.25, 0.3) is 0 Å². The van der Waals surface area contributed by atoms with Crippen molar-refractivity contribution < 1.29 is 8.78 Å². The third-order valence-electron chi connectivity index (χ3n) is 2.96. The Balaban J connectivity index is 1.97. The van der Waals surface area contributed by atoms with Gasteiger partial charge in [-0.25, -0.2) is 13.8 Å². The van der Waals surface area contributed by atoms with Crippen molar-refractivity contribution in [2.45, 2.75) is 0 Å². The fraction of sp³-hybridized carbons (Fsp3) is 0. The Hall–Kier alpha value is -2.12. The third kappa shape index (κ3) is 2.57. The summed E-state index contributed by atoms with van der Waals surface area (Å²) in [6.07, 6.45) is 0. The molecule has 3 rings (SSSR count). The van der Waals surface area contributed by atoms with Gasteiger partial charge in [-0.15, -0.1) is 11.3 Å². The molecule has 106 valence electrons. The number of hydrogen-bond donors (Lipinski definition) is 2. The summed E-state index contributed by atoms with van der Waals surface area (Å²) in [7, 11) is 0. The number of halogens is 2. The summed E-state index contributed by atoms with van der Waals surface area (Å²) in [5.41, 5.74) is 8.49. The molecule has 0 fully saturated rings. The predicted octanol–water partition coefficient (Wildman–Crippen LogP) is 3.95. The van der Waals surface area contributed by atoms with Crippen molar-refractivity contribution in [1.29, 1.82) is 0 Å². The molecule has 3 nitrogen and oxygen atoms in total. The van der Waals surface area contributed by atoms with Gasteiger partial charge in [-0.3, -0.25) is 0 Å². The van der Waals surface area contributed by atoms with Crippen LogP contribution in [0.25, 0.3) is 10.2 Å². The number of benzene rings is 2. The van der Waals surface area contributed by atoms with Gasteiger partial charge in [0.15, 0.2) is 11.6 Å². The van der Waals surface area contributed by atoms with Crippen molar-refractivity contribution in [2.24, 2.45) is 5.73 Å². The van der Waals surface area contributed by atoms with Crippen LogP contribution in [0.5, 0.6) is 0 Å². The number of nitrogens with one attached hydrogen (secondary N) is 1. The van der Waals surface area contributed by atoms with Crippen molar-refractivity contribution in [3.05, 3.63) is 53.0 Å². The second-order valence-corrected chi connectivity index (χ2v) is 5.64. The van der Waals surface area contributed by atoms with Crippen molar-refractivity contribution in [2.75, 3.05) is 5.32 Å². The molecule has 0 spiro atoms. The summed E-state index contributed by atoms with van der Waals surface area (Å²) in [4.78, 5) is 3.98. The Morgan fingerprint density at radius 3 is 2.76 bits per heavy atom. The molecule has 0 bridgehead atoms. The minimum Gasteiger partial charge on any atom is -0.389 e. The van der Waals surface area contributed by atoms with Crippen LogP contribution in [0.3, 0.4) is 0 Å². The maximum atomic E-state index is 14.0. The van der Waals surface area contributed by atoms with Crippen LogP contribution in [-0.2, 0) is 0 Å². The number of fused-ring (bicyclic) bond motifs is 1. The number of aromatic nitrogens is 1. The van der Waals surface area contributed by atoms with E-state index >= 15 is 0 Å². The van der Waals surface area contributed by atoms with E-state index in [4.69, 9.17) is 5.73 Å². The molecule has 3 aromatic rings. The second kappa shape index (κ2) is 5.34. The molecular formula is C14H9F2N3S2. The zero-order valence-corrected chi connectivity index (χ0v) is 12.2. The molecule has 0 aliphatic heterocycles. The quantitative estimate of drug-likeness (QED) is 0.717. The molecule has 3 N–H and O–H groups in total. The number of anilines is 2. The first-order chi connectivity index (χ1) is 10.1. The Morgan fingerprint density at radius 1 is 1.19 bits per heavy atom. The molecule has 2 aromatic carbocycles. The van der Waals surface area contributed by atoms with Gasteiger partial charge < -0.3 is 11.1 Å². The summed E-state index contributed by atoms with van der Waals surface area (Å²) in [6.45, 7) is 0. The van der Waals surface area contributed by atoms with Crippen molar-refractivity contribution >= 4 is 50.1 Å². The monoisotopic (exact) mass is 321 g/mol. The Labute approximate surface area is 128 Å². The van der Waals surface area contributed by atoms with E-state index in [1.807, 2.05) is 12.1 Å². The van der Waals surface area contributed by atoms with E-state index in [2.05, 4.69) is 22.5 Å². The van der Waals surface area contributed by atoms with Gasteiger partial charge in [-0.05, 0) is 30.3 Å². The molecular weight excluding hydrogens is 312 g/mol. The molecule has 0 amide bonds. The first kappa shape index (κ1) is 13.8. The molecule has 1 heterocycles. The van der Waals surface area contributed by atoms with Gasteiger partial charge in [-0.1, -0.05) is 12.2 Å². The van der Waals surface area contributed by atoms with Gasteiger partial charge in [0, 0.05) is 11.3 Å². The summed E-state index contributed by atoms with van der Waals surface area (Å²) in [5, 5.41) is 2.84. The van der Waals surface area contributed by atoms with Crippen LogP contribution >= 0.6 is 23.6 Å². The molecule has 0 saturated carbocycles. The highest BCUT2D eigenvalue weighted by Crippen LogP contribution is 2.27. The van der Waals surface area contributed by atoms with Gasteiger partial charge in [0.2, 0.25) is 0 Å². The summed E-state index contributed by atoms with van der Waals surface area (Å²) in [5.74, 6) is -2.06. The van der Waals surface area contributed by atoms with E-state index in [1.54, 1.807) is 11.6 Å². The topological polar surface area (TPSA) is 50.9 Å². The van der Waals surface area contributed by atoms with E-state index in [1.165, 1.54) is 23.5 Å². The molecule has 0 saturated heterocycles. The molecule has 21 heavy (non-hydrogen) atoms. The van der Waals surface area contributed by atoms with Crippen molar-refractivity contribution in [3.8, 4) is 0 Å². The number of hydrogen-bond acceptors (Lipinski definition) is 4. The molecule has 1 aromatic heterocycles. The molecule has 7 heteroatoms. The average Bonchev–Trinajstić information content (AvgIpc) is 2.91.